The number of nitrogens with zero attached hydrogens (tertiary/aromatic N) is 3. The molecule has 0 spiro atoms. The Labute approximate surface area is 137 Å². The molecule has 1 saturated heterocycles. The summed E-state index contributed by atoms with van der Waals surface area (Å²) < 4.78 is 1.08. The van der Waals surface area contributed by atoms with E-state index >= 15 is 0 Å². The fraction of sp³-hybridized carbons (Fsp3) is 0.571. The summed E-state index contributed by atoms with van der Waals surface area (Å²) in [7, 11) is 0. The van der Waals surface area contributed by atoms with E-state index in [0.29, 0.717) is 26.2 Å². The lowest BCUT2D eigenvalue weighted by molar-refractivity contribution is -0.133. The lowest BCUT2D eigenvalue weighted by Crippen LogP contribution is -2.53. The number of hydrogen-bond acceptors (Lipinski definition) is 5. The van der Waals surface area contributed by atoms with Crippen molar-refractivity contribution >= 4 is 33.2 Å². The van der Waals surface area contributed by atoms with Crippen molar-refractivity contribution < 1.29 is 4.79 Å². The molecule has 2 rings (SSSR count). The van der Waals surface area contributed by atoms with Gasteiger partial charge in [0.1, 0.15) is 6.04 Å². The fourth-order valence-electron chi connectivity index (χ4n) is 2.34. The van der Waals surface area contributed by atoms with Crippen LogP contribution in [-0.2, 0) is 11.3 Å². The van der Waals surface area contributed by atoms with Crippen LogP contribution in [0.5, 0.6) is 0 Å². The Hall–Kier alpha value is -0.940. The van der Waals surface area contributed by atoms with Crippen molar-refractivity contribution in [3.05, 3.63) is 20.8 Å². The van der Waals surface area contributed by atoms with Crippen molar-refractivity contribution in [2.75, 3.05) is 32.7 Å². The maximum absolute atomic E-state index is 12.5. The van der Waals surface area contributed by atoms with E-state index in [1.54, 1.807) is 11.3 Å². The normalized spacial score (nSPS) is 19.2. The molecule has 1 aromatic heterocycles. The molecule has 0 radical (unpaired) electrons. The smallest absolute Gasteiger partial charge is 0.237 e. The number of piperazine rings is 1. The molecule has 1 aromatic rings. The minimum absolute atomic E-state index is 0.0872. The quantitative estimate of drug-likeness (QED) is 0.855. The Morgan fingerprint density at radius 3 is 3.10 bits per heavy atom. The minimum Gasteiger partial charge on any atom is -0.337 e. The summed E-state index contributed by atoms with van der Waals surface area (Å²) in [5.74, 6) is 0.0872. The highest BCUT2D eigenvalue weighted by Gasteiger charge is 2.25. The average molecular weight is 371 g/mol. The van der Waals surface area contributed by atoms with Crippen molar-refractivity contribution in [2.45, 2.75) is 19.5 Å². The highest BCUT2D eigenvalue weighted by molar-refractivity contribution is 9.11. The summed E-state index contributed by atoms with van der Waals surface area (Å²) in [6, 6.07) is 6.08. The van der Waals surface area contributed by atoms with Gasteiger partial charge in [-0.05, 0) is 35.0 Å². The summed E-state index contributed by atoms with van der Waals surface area (Å²) >= 11 is 5.09. The number of nitriles is 1. The number of likely N-dealkylation sites (N-methyl/N-ethyl adjacent to an activating group) is 1. The minimum atomic E-state index is -0.211. The van der Waals surface area contributed by atoms with E-state index in [1.807, 2.05) is 28.9 Å². The lowest BCUT2D eigenvalue weighted by atomic mass is 10.2. The van der Waals surface area contributed by atoms with Crippen molar-refractivity contribution in [2.24, 2.45) is 0 Å². The Kier molecular flexibility index (Phi) is 6.18. The van der Waals surface area contributed by atoms with Gasteiger partial charge < -0.3 is 10.2 Å². The van der Waals surface area contributed by atoms with Crippen LogP contribution in [0.25, 0.3) is 0 Å². The third kappa shape index (κ3) is 4.51. The van der Waals surface area contributed by atoms with Gasteiger partial charge in [0.25, 0.3) is 0 Å². The van der Waals surface area contributed by atoms with Crippen molar-refractivity contribution in [1.82, 2.24) is 15.1 Å². The molecule has 1 amide bonds. The van der Waals surface area contributed by atoms with Gasteiger partial charge in [-0.15, -0.1) is 11.3 Å². The molecule has 1 aliphatic heterocycles. The van der Waals surface area contributed by atoms with E-state index in [0.717, 1.165) is 21.8 Å². The molecule has 5 nitrogen and oxygen atoms in total. The molecule has 1 N–H and O–H groups in total. The van der Waals surface area contributed by atoms with Crippen LogP contribution >= 0.6 is 27.3 Å². The molecule has 1 unspecified atom stereocenters. The van der Waals surface area contributed by atoms with Crippen molar-refractivity contribution in [1.29, 1.82) is 5.26 Å². The van der Waals surface area contributed by atoms with Gasteiger partial charge in [0.05, 0.1) is 22.9 Å². The van der Waals surface area contributed by atoms with Crippen LogP contribution in [-0.4, -0.2) is 54.5 Å². The molecule has 0 bridgehead atoms. The van der Waals surface area contributed by atoms with Gasteiger partial charge in [-0.3, -0.25) is 9.69 Å². The molecule has 1 fully saturated rings. The highest BCUT2D eigenvalue weighted by Crippen LogP contribution is 2.23. The second-order valence-electron chi connectivity index (χ2n) is 4.93. The van der Waals surface area contributed by atoms with Gasteiger partial charge in [-0.2, -0.15) is 5.26 Å². The molecular weight excluding hydrogens is 352 g/mol. The van der Waals surface area contributed by atoms with Gasteiger partial charge in [-0.1, -0.05) is 0 Å². The molecule has 0 saturated carbocycles. The molecular formula is C14H19BrN4OS. The van der Waals surface area contributed by atoms with Crippen LogP contribution < -0.4 is 5.32 Å². The Balaban J connectivity index is 1.94. The summed E-state index contributed by atoms with van der Waals surface area (Å²) in [6.45, 7) is 5.82. The van der Waals surface area contributed by atoms with E-state index in [-0.39, 0.29) is 11.9 Å². The molecule has 7 heteroatoms. The van der Waals surface area contributed by atoms with E-state index in [4.69, 9.17) is 5.26 Å². The number of nitrogens with one attached hydrogen (secondary N) is 1. The monoisotopic (exact) mass is 370 g/mol. The fourth-order valence-corrected chi connectivity index (χ4v) is 3.84. The third-order valence-electron chi connectivity index (χ3n) is 3.55. The summed E-state index contributed by atoms with van der Waals surface area (Å²) in [6.07, 6.45) is 0. The van der Waals surface area contributed by atoms with E-state index in [1.165, 1.54) is 0 Å². The Morgan fingerprint density at radius 1 is 1.67 bits per heavy atom. The molecule has 21 heavy (non-hydrogen) atoms. The first-order valence-corrected chi connectivity index (χ1v) is 8.61. The largest absolute Gasteiger partial charge is 0.337 e. The van der Waals surface area contributed by atoms with Crippen molar-refractivity contribution in [3.8, 4) is 6.07 Å². The van der Waals surface area contributed by atoms with Crippen LogP contribution in [0.2, 0.25) is 0 Å². The maximum atomic E-state index is 12.5. The van der Waals surface area contributed by atoms with Gasteiger partial charge >= 0.3 is 0 Å². The zero-order valence-corrected chi connectivity index (χ0v) is 14.4. The number of carbonyl (C=O) groups is 1. The SMILES string of the molecule is CCN(Cc1ccc(Br)s1)C(=O)CN1CCNCC1C#N. The van der Waals surface area contributed by atoms with Gasteiger partial charge in [0.2, 0.25) is 5.91 Å². The topological polar surface area (TPSA) is 59.4 Å². The number of carbonyl (C=O) groups excluding carboxylic acids is 1. The van der Waals surface area contributed by atoms with Gasteiger partial charge in [0, 0.05) is 31.1 Å². The maximum Gasteiger partial charge on any atom is 0.237 e. The van der Waals surface area contributed by atoms with E-state index in [9.17, 15) is 4.79 Å². The van der Waals surface area contributed by atoms with Crippen LogP contribution in [0, 0.1) is 11.3 Å². The first-order valence-electron chi connectivity index (χ1n) is 7.00. The molecule has 2 heterocycles. The predicted octanol–water partition coefficient (Wildman–Crippen LogP) is 1.66. The van der Waals surface area contributed by atoms with Crippen LogP contribution in [0.1, 0.15) is 11.8 Å². The van der Waals surface area contributed by atoms with E-state index < -0.39 is 0 Å². The van der Waals surface area contributed by atoms with Crippen LogP contribution in [0.15, 0.2) is 15.9 Å². The zero-order valence-electron chi connectivity index (χ0n) is 12.0. The second kappa shape index (κ2) is 7.90. The van der Waals surface area contributed by atoms with E-state index in [2.05, 4.69) is 27.3 Å². The highest BCUT2D eigenvalue weighted by atomic mass is 79.9. The number of hydrogen-bond donors (Lipinski definition) is 1. The Morgan fingerprint density at radius 2 is 2.48 bits per heavy atom. The number of halogens is 1. The predicted molar refractivity (Wildman–Crippen MR) is 87.0 cm³/mol. The first kappa shape index (κ1) is 16.4. The summed E-state index contributed by atoms with van der Waals surface area (Å²) in [4.78, 5) is 17.4. The molecule has 114 valence electrons. The second-order valence-corrected chi connectivity index (χ2v) is 7.48. The van der Waals surface area contributed by atoms with Gasteiger partial charge in [0.15, 0.2) is 0 Å². The van der Waals surface area contributed by atoms with Crippen LogP contribution in [0.4, 0.5) is 0 Å². The summed E-state index contributed by atoms with van der Waals surface area (Å²) in [5.41, 5.74) is 0. The average Bonchev–Trinajstić information content (AvgIpc) is 2.90. The number of thiophene rings is 1. The standard InChI is InChI=1S/C14H19BrN4OS/c1-2-18(9-12-3-4-13(15)21-12)14(20)10-19-6-5-17-8-11(19)7-16/h3-4,11,17H,2,5-6,8-10H2,1H3. The molecule has 0 aliphatic carbocycles. The molecule has 0 aromatic carbocycles. The number of amides is 1. The van der Waals surface area contributed by atoms with Crippen LogP contribution in [0.3, 0.4) is 0 Å². The summed E-state index contributed by atoms with van der Waals surface area (Å²) in [5, 5.41) is 12.3. The lowest BCUT2D eigenvalue weighted by Gasteiger charge is -2.33. The first-order chi connectivity index (χ1) is 10.1. The zero-order chi connectivity index (χ0) is 15.2. The molecule has 1 aliphatic rings. The molecule has 1 atom stereocenters. The van der Waals surface area contributed by atoms with Gasteiger partial charge in [-0.25, -0.2) is 0 Å². The van der Waals surface area contributed by atoms with Crippen molar-refractivity contribution in [3.63, 3.8) is 0 Å². The Bertz CT molecular complexity index is 527. The third-order valence-corrected chi connectivity index (χ3v) is 5.16. The number of rotatable bonds is 5.